The number of nitrogens with one attached hydrogen (secondary N) is 2. The fraction of sp³-hybridized carbons (Fsp3) is 0.350. The topological polar surface area (TPSA) is 80.3 Å². The van der Waals surface area contributed by atoms with Gasteiger partial charge in [-0.2, -0.15) is 0 Å². The number of aromatic nitrogens is 1. The summed E-state index contributed by atoms with van der Waals surface area (Å²) in [5.41, 5.74) is 1.99. The van der Waals surface area contributed by atoms with E-state index in [0.717, 1.165) is 11.3 Å². The fourth-order valence-electron chi connectivity index (χ4n) is 2.14. The van der Waals surface area contributed by atoms with Gasteiger partial charge >= 0.3 is 0 Å². The first-order valence-corrected chi connectivity index (χ1v) is 9.14. The van der Waals surface area contributed by atoms with Crippen molar-refractivity contribution in [2.24, 2.45) is 5.92 Å². The fourth-order valence-corrected chi connectivity index (χ4v) is 2.35. The Morgan fingerprint density at radius 3 is 2.37 bits per heavy atom. The Bertz CT molecular complexity index is 805. The molecule has 144 valence electrons. The molecule has 1 heterocycles. The van der Waals surface area contributed by atoms with Crippen LogP contribution in [0.4, 0.5) is 5.69 Å². The third-order valence-corrected chi connectivity index (χ3v) is 3.89. The second kappa shape index (κ2) is 9.37. The van der Waals surface area contributed by atoms with Gasteiger partial charge in [0.2, 0.25) is 11.8 Å². The number of anilines is 1. The van der Waals surface area contributed by atoms with Crippen molar-refractivity contribution in [3.05, 3.63) is 52.7 Å². The number of hydrogen-bond acceptors (Lipinski definition) is 4. The van der Waals surface area contributed by atoms with E-state index in [1.165, 1.54) is 12.3 Å². The van der Waals surface area contributed by atoms with E-state index in [1.54, 1.807) is 12.1 Å². The molecule has 7 heteroatoms. The lowest BCUT2D eigenvalue weighted by Crippen LogP contribution is -2.23. The molecule has 1 aromatic carbocycles. The van der Waals surface area contributed by atoms with Crippen molar-refractivity contribution in [3.8, 4) is 5.88 Å². The summed E-state index contributed by atoms with van der Waals surface area (Å²) in [4.78, 5) is 28.1. The molecule has 2 amide bonds. The normalized spacial score (nSPS) is 10.8. The zero-order chi connectivity index (χ0) is 20.0. The summed E-state index contributed by atoms with van der Waals surface area (Å²) in [6.07, 6.45) is 1.38. The van der Waals surface area contributed by atoms with E-state index in [0.29, 0.717) is 23.0 Å². The molecule has 0 fully saturated rings. The highest BCUT2D eigenvalue weighted by molar-refractivity contribution is 6.32. The van der Waals surface area contributed by atoms with E-state index in [-0.39, 0.29) is 23.8 Å². The average Bonchev–Trinajstić information content (AvgIpc) is 2.62. The number of benzene rings is 1. The number of carbonyl (C=O) groups excluding carboxylic acids is 2. The van der Waals surface area contributed by atoms with Crippen LogP contribution in [-0.4, -0.2) is 22.9 Å². The lowest BCUT2D eigenvalue weighted by molar-refractivity contribution is -0.118. The summed E-state index contributed by atoms with van der Waals surface area (Å²) in [5.74, 6) is -0.0908. The molecular formula is C20H24ClN3O3. The highest BCUT2D eigenvalue weighted by Gasteiger charge is 2.12. The van der Waals surface area contributed by atoms with Gasteiger partial charge in [0.1, 0.15) is 5.02 Å². The van der Waals surface area contributed by atoms with Gasteiger partial charge in [-0.1, -0.05) is 37.6 Å². The molecule has 0 radical (unpaired) electrons. The minimum atomic E-state index is -0.280. The maximum atomic E-state index is 12.3. The van der Waals surface area contributed by atoms with E-state index in [9.17, 15) is 9.59 Å². The molecule has 0 aliphatic carbocycles. The molecule has 1 aromatic heterocycles. The maximum absolute atomic E-state index is 12.3. The van der Waals surface area contributed by atoms with Gasteiger partial charge in [0.05, 0.1) is 11.7 Å². The molecular weight excluding hydrogens is 366 g/mol. The lowest BCUT2D eigenvalue weighted by Gasteiger charge is -2.11. The summed E-state index contributed by atoms with van der Waals surface area (Å²) in [5, 5.41) is 5.93. The number of hydrogen-bond donors (Lipinski definition) is 2. The molecule has 0 saturated carbocycles. The van der Waals surface area contributed by atoms with Gasteiger partial charge in [0.15, 0.2) is 0 Å². The second-order valence-electron chi connectivity index (χ2n) is 6.70. The summed E-state index contributed by atoms with van der Waals surface area (Å²) < 4.78 is 5.46. The first-order valence-electron chi connectivity index (χ1n) is 8.76. The van der Waals surface area contributed by atoms with Crippen molar-refractivity contribution in [1.29, 1.82) is 0 Å². The Morgan fingerprint density at radius 1 is 1.15 bits per heavy atom. The van der Waals surface area contributed by atoms with Crippen LogP contribution in [0.5, 0.6) is 5.88 Å². The molecule has 0 atom stereocenters. The molecule has 0 spiro atoms. The first kappa shape index (κ1) is 20.7. The maximum Gasteiger partial charge on any atom is 0.253 e. The van der Waals surface area contributed by atoms with Crippen LogP contribution in [0.1, 0.15) is 43.6 Å². The van der Waals surface area contributed by atoms with Gasteiger partial charge in [0, 0.05) is 24.3 Å². The van der Waals surface area contributed by atoms with Crippen molar-refractivity contribution >= 4 is 29.1 Å². The van der Waals surface area contributed by atoms with Gasteiger partial charge in [-0.3, -0.25) is 9.59 Å². The van der Waals surface area contributed by atoms with Crippen LogP contribution < -0.4 is 15.4 Å². The van der Waals surface area contributed by atoms with Crippen LogP contribution >= 0.6 is 11.6 Å². The van der Waals surface area contributed by atoms with E-state index in [4.69, 9.17) is 16.3 Å². The monoisotopic (exact) mass is 389 g/mol. The Hall–Kier alpha value is -2.60. The number of nitrogens with zero attached hydrogens (tertiary/aromatic N) is 1. The van der Waals surface area contributed by atoms with Crippen LogP contribution in [0, 0.1) is 5.92 Å². The van der Waals surface area contributed by atoms with E-state index < -0.39 is 0 Å². The SMILES string of the molecule is CC(C)Oc1ncc(C(=O)NCc2ccc(NC(=O)C(C)C)cc2)cc1Cl. The molecule has 0 saturated heterocycles. The molecule has 0 aliphatic rings. The van der Waals surface area contributed by atoms with Gasteiger partial charge in [-0.15, -0.1) is 0 Å². The van der Waals surface area contributed by atoms with Gasteiger partial charge in [0.25, 0.3) is 5.91 Å². The van der Waals surface area contributed by atoms with Crippen molar-refractivity contribution in [2.75, 3.05) is 5.32 Å². The summed E-state index contributed by atoms with van der Waals surface area (Å²) in [6, 6.07) is 8.84. The van der Waals surface area contributed by atoms with Crippen LogP contribution in [0.15, 0.2) is 36.5 Å². The summed E-state index contributed by atoms with van der Waals surface area (Å²) in [6.45, 7) is 7.76. The number of pyridine rings is 1. The van der Waals surface area contributed by atoms with Crippen LogP contribution in [0.3, 0.4) is 0 Å². The number of halogens is 1. The minimum Gasteiger partial charge on any atom is -0.474 e. The van der Waals surface area contributed by atoms with E-state index in [2.05, 4.69) is 15.6 Å². The Balaban J connectivity index is 1.93. The number of carbonyl (C=O) groups is 2. The third kappa shape index (κ3) is 6.25. The lowest BCUT2D eigenvalue weighted by atomic mass is 10.1. The predicted octanol–water partition coefficient (Wildman–Crippen LogP) is 4.05. The highest BCUT2D eigenvalue weighted by atomic mass is 35.5. The zero-order valence-electron chi connectivity index (χ0n) is 15.9. The van der Waals surface area contributed by atoms with Crippen LogP contribution in [-0.2, 0) is 11.3 Å². The highest BCUT2D eigenvalue weighted by Crippen LogP contribution is 2.23. The first-order chi connectivity index (χ1) is 12.8. The quantitative estimate of drug-likeness (QED) is 0.748. The standard InChI is InChI=1S/C20H24ClN3O3/c1-12(2)18(25)24-16-7-5-14(6-8-16)10-22-19(26)15-9-17(21)20(23-11-15)27-13(3)4/h5-9,11-13H,10H2,1-4H3,(H,22,26)(H,24,25). The van der Waals surface area contributed by atoms with Crippen molar-refractivity contribution in [1.82, 2.24) is 10.3 Å². The third-order valence-electron chi connectivity index (χ3n) is 3.62. The molecule has 6 nitrogen and oxygen atoms in total. The summed E-state index contributed by atoms with van der Waals surface area (Å²) >= 11 is 6.11. The molecule has 27 heavy (non-hydrogen) atoms. The largest absolute Gasteiger partial charge is 0.474 e. The van der Waals surface area contributed by atoms with Gasteiger partial charge in [-0.05, 0) is 37.6 Å². The Labute approximate surface area is 164 Å². The molecule has 2 N–H and O–H groups in total. The number of amides is 2. The summed E-state index contributed by atoms with van der Waals surface area (Å²) in [7, 11) is 0. The van der Waals surface area contributed by atoms with Crippen molar-refractivity contribution < 1.29 is 14.3 Å². The van der Waals surface area contributed by atoms with Crippen molar-refractivity contribution in [3.63, 3.8) is 0 Å². The Morgan fingerprint density at radius 2 is 1.81 bits per heavy atom. The van der Waals surface area contributed by atoms with Crippen LogP contribution in [0.25, 0.3) is 0 Å². The molecule has 2 rings (SSSR count). The zero-order valence-corrected chi connectivity index (χ0v) is 16.6. The second-order valence-corrected chi connectivity index (χ2v) is 7.11. The molecule has 0 unspecified atom stereocenters. The average molecular weight is 390 g/mol. The molecule has 2 aromatic rings. The number of rotatable bonds is 7. The minimum absolute atomic E-state index is 0.0367. The molecule has 0 aliphatic heterocycles. The van der Waals surface area contributed by atoms with E-state index >= 15 is 0 Å². The van der Waals surface area contributed by atoms with Crippen molar-refractivity contribution in [2.45, 2.75) is 40.3 Å². The van der Waals surface area contributed by atoms with E-state index in [1.807, 2.05) is 39.8 Å². The van der Waals surface area contributed by atoms with Crippen LogP contribution in [0.2, 0.25) is 5.02 Å². The predicted molar refractivity (Wildman–Crippen MR) is 106 cm³/mol. The Kier molecular flexibility index (Phi) is 7.19. The smallest absolute Gasteiger partial charge is 0.253 e. The number of ether oxygens (including phenoxy) is 1. The molecule has 0 bridgehead atoms. The van der Waals surface area contributed by atoms with Gasteiger partial charge in [-0.25, -0.2) is 4.98 Å². The van der Waals surface area contributed by atoms with Gasteiger partial charge < -0.3 is 15.4 Å².